The lowest BCUT2D eigenvalue weighted by Gasteiger charge is -2.04. The fourth-order valence-corrected chi connectivity index (χ4v) is 1.17. The van der Waals surface area contributed by atoms with Crippen molar-refractivity contribution in [3.05, 3.63) is 23.4 Å². The van der Waals surface area contributed by atoms with Gasteiger partial charge >= 0.3 is 0 Å². The van der Waals surface area contributed by atoms with Gasteiger partial charge in [0.1, 0.15) is 5.82 Å². The summed E-state index contributed by atoms with van der Waals surface area (Å²) >= 11 is 0. The van der Waals surface area contributed by atoms with Gasteiger partial charge in [-0.1, -0.05) is 6.08 Å². The van der Waals surface area contributed by atoms with Crippen LogP contribution in [0.15, 0.2) is 12.3 Å². The fourth-order valence-electron chi connectivity index (χ4n) is 1.17. The molecule has 0 spiro atoms. The zero-order valence-corrected chi connectivity index (χ0v) is 8.18. The van der Waals surface area contributed by atoms with Crippen LogP contribution in [0.4, 0.5) is 5.82 Å². The molecule has 0 saturated carbocycles. The number of anilines is 1. The van der Waals surface area contributed by atoms with Gasteiger partial charge in [-0.15, -0.1) is 0 Å². The maximum absolute atomic E-state index is 5.90. The Hall–Kier alpha value is -1.18. The molecule has 0 unspecified atom stereocenters. The van der Waals surface area contributed by atoms with Crippen LogP contribution in [-0.2, 0) is 0 Å². The summed E-state index contributed by atoms with van der Waals surface area (Å²) in [7, 11) is 0. The number of nitrogens with zero attached hydrogens (tertiary/aromatic N) is 1. The molecule has 2 heteroatoms. The van der Waals surface area contributed by atoms with E-state index in [0.29, 0.717) is 0 Å². The molecule has 1 aromatic rings. The standard InChI is InChI=1S/C10H16N2/c1-5-8(3)12-6-7(2)9(4)10(12)11/h5-6H,11H2,1-4H3. The smallest absolute Gasteiger partial charge is 0.110 e. The number of aromatic nitrogens is 1. The number of hydrogen-bond acceptors (Lipinski definition) is 1. The number of nitrogen functional groups attached to an aromatic ring is 1. The van der Waals surface area contributed by atoms with E-state index in [4.69, 9.17) is 5.73 Å². The molecule has 0 aliphatic rings. The fraction of sp³-hybridized carbons (Fsp3) is 0.400. The van der Waals surface area contributed by atoms with Crippen LogP contribution in [0.2, 0.25) is 0 Å². The van der Waals surface area contributed by atoms with E-state index in [-0.39, 0.29) is 0 Å². The molecule has 2 N–H and O–H groups in total. The van der Waals surface area contributed by atoms with Crippen LogP contribution in [0, 0.1) is 13.8 Å². The third kappa shape index (κ3) is 1.24. The van der Waals surface area contributed by atoms with Crippen molar-refractivity contribution in [1.29, 1.82) is 0 Å². The minimum Gasteiger partial charge on any atom is -0.385 e. The molecular formula is C10H16N2. The first-order valence-corrected chi connectivity index (χ1v) is 4.15. The molecule has 1 heterocycles. The summed E-state index contributed by atoms with van der Waals surface area (Å²) in [5.74, 6) is 0.850. The number of hydrogen-bond donors (Lipinski definition) is 1. The maximum atomic E-state index is 5.90. The van der Waals surface area contributed by atoms with Crippen molar-refractivity contribution in [1.82, 2.24) is 4.57 Å². The van der Waals surface area contributed by atoms with Gasteiger partial charge in [0.25, 0.3) is 0 Å². The zero-order chi connectivity index (χ0) is 9.30. The molecule has 0 aromatic carbocycles. The van der Waals surface area contributed by atoms with Gasteiger partial charge in [0.05, 0.1) is 0 Å². The molecule has 0 bridgehead atoms. The predicted molar refractivity (Wildman–Crippen MR) is 53.9 cm³/mol. The van der Waals surface area contributed by atoms with Crippen LogP contribution < -0.4 is 5.73 Å². The Balaban J connectivity index is 3.27. The van der Waals surface area contributed by atoms with E-state index in [9.17, 15) is 0 Å². The predicted octanol–water partition coefficient (Wildman–Crippen LogP) is 2.57. The molecule has 0 atom stereocenters. The normalized spacial score (nSPS) is 12.2. The minimum atomic E-state index is 0.850. The number of nitrogens with two attached hydrogens (primary N) is 1. The van der Waals surface area contributed by atoms with Gasteiger partial charge in [0.2, 0.25) is 0 Å². The average Bonchev–Trinajstić information content (AvgIpc) is 2.32. The van der Waals surface area contributed by atoms with Crippen molar-refractivity contribution >= 4 is 11.5 Å². The third-order valence-corrected chi connectivity index (χ3v) is 2.36. The first kappa shape index (κ1) is 8.91. The van der Waals surface area contributed by atoms with E-state index < -0.39 is 0 Å². The molecule has 0 fully saturated rings. The second-order valence-electron chi connectivity index (χ2n) is 3.12. The quantitative estimate of drug-likeness (QED) is 0.679. The van der Waals surface area contributed by atoms with Gasteiger partial charge in [-0.3, -0.25) is 0 Å². The van der Waals surface area contributed by atoms with Gasteiger partial charge in [0.15, 0.2) is 0 Å². The summed E-state index contributed by atoms with van der Waals surface area (Å²) in [6.07, 6.45) is 4.12. The van der Waals surface area contributed by atoms with Gasteiger partial charge < -0.3 is 10.3 Å². The zero-order valence-electron chi connectivity index (χ0n) is 8.18. The molecule has 2 nitrogen and oxygen atoms in total. The SMILES string of the molecule is CC=C(C)n1cc(C)c(C)c1N. The molecule has 0 saturated heterocycles. The van der Waals surface area contributed by atoms with E-state index in [2.05, 4.69) is 26.1 Å². The van der Waals surface area contributed by atoms with Crippen molar-refractivity contribution in [2.75, 3.05) is 5.73 Å². The van der Waals surface area contributed by atoms with Crippen LogP contribution in [0.5, 0.6) is 0 Å². The van der Waals surface area contributed by atoms with Crippen LogP contribution in [0.1, 0.15) is 25.0 Å². The molecule has 0 aliphatic heterocycles. The monoisotopic (exact) mass is 164 g/mol. The lowest BCUT2D eigenvalue weighted by molar-refractivity contribution is 1.10. The molecule has 0 radical (unpaired) electrons. The summed E-state index contributed by atoms with van der Waals surface area (Å²) in [4.78, 5) is 0. The molecule has 66 valence electrons. The van der Waals surface area contributed by atoms with Gasteiger partial charge in [-0.25, -0.2) is 0 Å². The molecular weight excluding hydrogens is 148 g/mol. The molecule has 0 aliphatic carbocycles. The Morgan fingerprint density at radius 1 is 1.50 bits per heavy atom. The summed E-state index contributed by atoms with van der Waals surface area (Å²) in [5, 5.41) is 0. The Bertz CT molecular complexity index is 319. The lowest BCUT2D eigenvalue weighted by atomic mass is 10.2. The van der Waals surface area contributed by atoms with E-state index >= 15 is 0 Å². The second-order valence-corrected chi connectivity index (χ2v) is 3.12. The number of rotatable bonds is 1. The lowest BCUT2D eigenvalue weighted by Crippen LogP contribution is -1.98. The summed E-state index contributed by atoms with van der Waals surface area (Å²) in [5.41, 5.74) is 9.49. The second kappa shape index (κ2) is 3.05. The van der Waals surface area contributed by atoms with Crippen molar-refractivity contribution in [2.24, 2.45) is 0 Å². The van der Waals surface area contributed by atoms with E-state index in [1.54, 1.807) is 0 Å². The van der Waals surface area contributed by atoms with Crippen LogP contribution in [0.3, 0.4) is 0 Å². The molecule has 1 aromatic heterocycles. The van der Waals surface area contributed by atoms with Gasteiger partial charge in [-0.2, -0.15) is 0 Å². The summed E-state index contributed by atoms with van der Waals surface area (Å²) in [6.45, 7) is 8.18. The Morgan fingerprint density at radius 2 is 2.08 bits per heavy atom. The van der Waals surface area contributed by atoms with Crippen LogP contribution >= 0.6 is 0 Å². The Kier molecular flexibility index (Phi) is 2.27. The number of aryl methyl sites for hydroxylation is 1. The van der Waals surface area contributed by atoms with E-state index in [1.807, 2.05) is 18.4 Å². The van der Waals surface area contributed by atoms with E-state index in [1.165, 1.54) is 16.8 Å². The van der Waals surface area contributed by atoms with Crippen molar-refractivity contribution < 1.29 is 0 Å². The van der Waals surface area contributed by atoms with Crippen molar-refractivity contribution in [3.8, 4) is 0 Å². The highest BCUT2D eigenvalue weighted by atomic mass is 15.0. The third-order valence-electron chi connectivity index (χ3n) is 2.36. The highest BCUT2D eigenvalue weighted by molar-refractivity contribution is 5.57. The largest absolute Gasteiger partial charge is 0.385 e. The molecule has 1 rings (SSSR count). The van der Waals surface area contributed by atoms with Crippen LogP contribution in [0.25, 0.3) is 5.70 Å². The molecule has 12 heavy (non-hydrogen) atoms. The average molecular weight is 164 g/mol. The van der Waals surface area contributed by atoms with Crippen molar-refractivity contribution in [2.45, 2.75) is 27.7 Å². The summed E-state index contributed by atoms with van der Waals surface area (Å²) in [6, 6.07) is 0. The highest BCUT2D eigenvalue weighted by Crippen LogP contribution is 2.21. The first-order chi connectivity index (χ1) is 5.57. The Morgan fingerprint density at radius 3 is 2.42 bits per heavy atom. The maximum Gasteiger partial charge on any atom is 0.110 e. The van der Waals surface area contributed by atoms with Gasteiger partial charge in [0, 0.05) is 11.9 Å². The minimum absolute atomic E-state index is 0.850. The topological polar surface area (TPSA) is 30.9 Å². The molecule has 0 amide bonds. The Labute approximate surface area is 73.7 Å². The highest BCUT2D eigenvalue weighted by Gasteiger charge is 2.05. The van der Waals surface area contributed by atoms with Gasteiger partial charge in [-0.05, 0) is 38.8 Å². The number of allylic oxidation sites excluding steroid dienone is 2. The van der Waals surface area contributed by atoms with E-state index in [0.717, 1.165) is 5.82 Å². The first-order valence-electron chi connectivity index (χ1n) is 4.15. The van der Waals surface area contributed by atoms with Crippen molar-refractivity contribution in [3.63, 3.8) is 0 Å². The van der Waals surface area contributed by atoms with Crippen LogP contribution in [-0.4, -0.2) is 4.57 Å². The summed E-state index contributed by atoms with van der Waals surface area (Å²) < 4.78 is 2.02.